The van der Waals surface area contributed by atoms with Gasteiger partial charge in [0.1, 0.15) is 11.5 Å². The lowest BCUT2D eigenvalue weighted by Gasteiger charge is -2.29. The Bertz CT molecular complexity index is 962. The quantitative estimate of drug-likeness (QED) is 0.532. The Balaban J connectivity index is 2.05. The van der Waals surface area contributed by atoms with Crippen molar-refractivity contribution in [3.05, 3.63) is 72.3 Å². The fourth-order valence-electron chi connectivity index (χ4n) is 3.28. The summed E-state index contributed by atoms with van der Waals surface area (Å²) in [6, 6.07) is 19.7. The smallest absolute Gasteiger partial charge is 0.151 e. The highest BCUT2D eigenvalue weighted by Gasteiger charge is 2.37. The van der Waals surface area contributed by atoms with Crippen LogP contribution < -0.4 is 10.6 Å². The van der Waals surface area contributed by atoms with Crippen LogP contribution in [0.25, 0.3) is 11.1 Å². The van der Waals surface area contributed by atoms with E-state index in [4.69, 9.17) is 0 Å². The predicted molar refractivity (Wildman–Crippen MR) is 92.2 cm³/mol. The van der Waals surface area contributed by atoms with Gasteiger partial charge >= 0.3 is 0 Å². The first kappa shape index (κ1) is 14.1. The van der Waals surface area contributed by atoms with Crippen LogP contribution in [0.4, 0.5) is 0 Å². The Morgan fingerprint density at radius 1 is 0.783 bits per heavy atom. The Labute approximate surface area is 134 Å². The van der Waals surface area contributed by atoms with Gasteiger partial charge in [-0.05, 0) is 34.9 Å². The molecule has 1 heterocycles. The highest BCUT2D eigenvalue weighted by Crippen LogP contribution is 2.55. The van der Waals surface area contributed by atoms with Gasteiger partial charge in [-0.3, -0.25) is 0 Å². The van der Waals surface area contributed by atoms with Crippen molar-refractivity contribution in [2.75, 3.05) is 0 Å². The first-order valence-corrected chi connectivity index (χ1v) is 9.28. The minimum absolute atomic E-state index is 0.00404. The largest absolute Gasteiger partial charge is 0.508 e. The van der Waals surface area contributed by atoms with Crippen LogP contribution in [-0.2, 0) is 10.7 Å². The SMILES string of the molecule is O=P1(c2cc(O)ccc2O)Cc2ccccc2-c2ccccc21. The lowest BCUT2D eigenvalue weighted by Crippen LogP contribution is -2.23. The fraction of sp³-hybridized carbons (Fsp3) is 0.0526. The van der Waals surface area contributed by atoms with E-state index in [1.807, 2.05) is 48.5 Å². The van der Waals surface area contributed by atoms with Gasteiger partial charge in [0.05, 0.1) is 5.30 Å². The predicted octanol–water partition coefficient (Wildman–Crippen LogP) is 3.59. The minimum atomic E-state index is -3.06. The van der Waals surface area contributed by atoms with E-state index < -0.39 is 7.14 Å². The zero-order valence-electron chi connectivity index (χ0n) is 12.3. The van der Waals surface area contributed by atoms with Crippen molar-refractivity contribution in [1.82, 2.24) is 0 Å². The summed E-state index contributed by atoms with van der Waals surface area (Å²) in [6.45, 7) is 0. The van der Waals surface area contributed by atoms with Crippen molar-refractivity contribution >= 4 is 17.8 Å². The van der Waals surface area contributed by atoms with E-state index in [0.717, 1.165) is 22.0 Å². The molecule has 1 unspecified atom stereocenters. The lowest BCUT2D eigenvalue weighted by atomic mass is 10.0. The monoisotopic (exact) mass is 322 g/mol. The number of phenolic OH excluding ortho intramolecular Hbond substituents is 2. The third kappa shape index (κ3) is 2.08. The Morgan fingerprint density at radius 3 is 2.30 bits per heavy atom. The summed E-state index contributed by atoms with van der Waals surface area (Å²) in [5.41, 5.74) is 3.01. The van der Waals surface area contributed by atoms with E-state index in [1.165, 1.54) is 18.2 Å². The number of benzene rings is 3. The molecule has 23 heavy (non-hydrogen) atoms. The molecule has 0 radical (unpaired) electrons. The van der Waals surface area contributed by atoms with Crippen molar-refractivity contribution in [3.63, 3.8) is 0 Å². The first-order chi connectivity index (χ1) is 11.1. The molecule has 4 heteroatoms. The maximum atomic E-state index is 13.9. The maximum Gasteiger partial charge on any atom is 0.151 e. The molecule has 3 nitrogen and oxygen atoms in total. The van der Waals surface area contributed by atoms with Gasteiger partial charge in [-0.2, -0.15) is 0 Å². The van der Waals surface area contributed by atoms with Gasteiger partial charge in [0.2, 0.25) is 0 Å². The van der Waals surface area contributed by atoms with Gasteiger partial charge in [0.25, 0.3) is 0 Å². The highest BCUT2D eigenvalue weighted by atomic mass is 31.2. The second-order valence-corrected chi connectivity index (χ2v) is 8.50. The van der Waals surface area contributed by atoms with Crippen molar-refractivity contribution in [2.24, 2.45) is 0 Å². The molecule has 0 saturated carbocycles. The molecule has 1 atom stereocenters. The van der Waals surface area contributed by atoms with Gasteiger partial charge in [-0.1, -0.05) is 48.5 Å². The minimum Gasteiger partial charge on any atom is -0.508 e. The zero-order chi connectivity index (χ0) is 16.0. The zero-order valence-corrected chi connectivity index (χ0v) is 13.2. The van der Waals surface area contributed by atoms with Gasteiger partial charge in [-0.15, -0.1) is 0 Å². The molecule has 1 aliphatic rings. The molecular weight excluding hydrogens is 307 g/mol. The van der Waals surface area contributed by atoms with Crippen molar-refractivity contribution in [2.45, 2.75) is 6.16 Å². The van der Waals surface area contributed by atoms with E-state index in [-0.39, 0.29) is 11.5 Å². The molecule has 2 N–H and O–H groups in total. The van der Waals surface area contributed by atoms with E-state index in [1.54, 1.807) is 0 Å². The molecule has 3 aromatic rings. The van der Waals surface area contributed by atoms with Crippen LogP contribution in [0.15, 0.2) is 66.7 Å². The summed E-state index contributed by atoms with van der Waals surface area (Å²) in [5, 5.41) is 21.1. The summed E-state index contributed by atoms with van der Waals surface area (Å²) in [5.74, 6) is -0.0373. The molecule has 0 fully saturated rings. The summed E-state index contributed by atoms with van der Waals surface area (Å²) >= 11 is 0. The molecule has 0 saturated heterocycles. The van der Waals surface area contributed by atoms with Crippen molar-refractivity contribution in [3.8, 4) is 22.6 Å². The van der Waals surface area contributed by atoms with Gasteiger partial charge in [0.15, 0.2) is 7.14 Å². The molecule has 0 aliphatic carbocycles. The molecule has 1 aliphatic heterocycles. The molecule has 0 amide bonds. The summed E-state index contributed by atoms with van der Waals surface area (Å²) in [7, 11) is -3.06. The second-order valence-electron chi connectivity index (χ2n) is 5.75. The number of rotatable bonds is 1. The Kier molecular flexibility index (Phi) is 3.07. The normalized spacial score (nSPS) is 19.0. The van der Waals surface area contributed by atoms with E-state index in [0.29, 0.717) is 11.5 Å². The molecule has 0 spiro atoms. The molecule has 3 aromatic carbocycles. The third-order valence-corrected chi connectivity index (χ3v) is 7.43. The van der Waals surface area contributed by atoms with Crippen LogP contribution in [-0.4, -0.2) is 10.2 Å². The van der Waals surface area contributed by atoms with Crippen LogP contribution in [0, 0.1) is 0 Å². The van der Waals surface area contributed by atoms with Gasteiger partial charge in [-0.25, -0.2) is 0 Å². The average molecular weight is 322 g/mol. The van der Waals surface area contributed by atoms with Crippen LogP contribution in [0.5, 0.6) is 11.5 Å². The molecule has 0 aromatic heterocycles. The summed E-state index contributed by atoms with van der Waals surface area (Å²) in [4.78, 5) is 0. The van der Waals surface area contributed by atoms with E-state index >= 15 is 0 Å². The number of aromatic hydroxyl groups is 2. The third-order valence-electron chi connectivity index (χ3n) is 4.34. The lowest BCUT2D eigenvalue weighted by molar-refractivity contribution is 0.463. The highest BCUT2D eigenvalue weighted by molar-refractivity contribution is 7.78. The molecule has 4 rings (SSSR count). The number of fused-ring (bicyclic) bond motifs is 3. The topological polar surface area (TPSA) is 57.5 Å². The fourth-order valence-corrected chi connectivity index (χ4v) is 6.33. The van der Waals surface area contributed by atoms with Crippen LogP contribution in [0.3, 0.4) is 0 Å². The maximum absolute atomic E-state index is 13.9. The molecule has 0 bridgehead atoms. The number of phenols is 2. The van der Waals surface area contributed by atoms with Crippen molar-refractivity contribution < 1.29 is 14.8 Å². The molecule has 114 valence electrons. The van der Waals surface area contributed by atoms with Gasteiger partial charge in [0, 0.05) is 11.5 Å². The van der Waals surface area contributed by atoms with E-state index in [2.05, 4.69) is 0 Å². The average Bonchev–Trinajstić information content (AvgIpc) is 2.57. The Morgan fingerprint density at radius 2 is 1.48 bits per heavy atom. The summed E-state index contributed by atoms with van der Waals surface area (Å²) < 4.78 is 13.9. The van der Waals surface area contributed by atoms with Crippen LogP contribution in [0.2, 0.25) is 0 Å². The number of hydrogen-bond acceptors (Lipinski definition) is 3. The Hall–Kier alpha value is -2.51. The summed E-state index contributed by atoms with van der Waals surface area (Å²) in [6.07, 6.45) is 0.344. The molecular formula is C19H15O3P. The van der Waals surface area contributed by atoms with E-state index in [9.17, 15) is 14.8 Å². The van der Waals surface area contributed by atoms with Crippen LogP contribution >= 0.6 is 7.14 Å². The first-order valence-electron chi connectivity index (χ1n) is 7.39. The number of hydrogen-bond donors (Lipinski definition) is 2. The van der Waals surface area contributed by atoms with Gasteiger partial charge < -0.3 is 14.8 Å². The van der Waals surface area contributed by atoms with Crippen LogP contribution in [0.1, 0.15) is 5.56 Å². The standard InChI is InChI=1S/C19H15O3P/c20-14-9-10-17(21)19(11-14)23(22)12-13-5-1-2-6-15(13)16-7-3-4-8-18(16)23/h1-11,20-21H,12H2. The second kappa shape index (κ2) is 5.00. The van der Waals surface area contributed by atoms with Crippen molar-refractivity contribution in [1.29, 1.82) is 0 Å².